The molecule has 0 saturated carbocycles. The third-order valence-electron chi connectivity index (χ3n) is 14.4. The fraction of sp³-hybridized carbons (Fsp3) is 0.111. The van der Waals surface area contributed by atoms with E-state index in [0.717, 1.165) is 58.2 Å². The summed E-state index contributed by atoms with van der Waals surface area (Å²) in [5, 5.41) is 2.48. The minimum Gasteiger partial charge on any atom is -0.354 e. The normalized spacial score (nSPS) is 19.4. The first-order chi connectivity index (χ1) is 33.0. The predicted molar refractivity (Wildman–Crippen MR) is 283 cm³/mol. The Bertz CT molecular complexity index is 3380. The van der Waals surface area contributed by atoms with Crippen LogP contribution >= 0.6 is 0 Å². The number of rotatable bonds is 9. The summed E-state index contributed by atoms with van der Waals surface area (Å²) in [7, 11) is 0. The minimum absolute atomic E-state index is 0.136. The summed E-state index contributed by atoms with van der Waals surface area (Å²) >= 11 is 0. The van der Waals surface area contributed by atoms with Crippen molar-refractivity contribution in [3.8, 4) is 16.8 Å². The lowest BCUT2D eigenvalue weighted by Gasteiger charge is -2.45. The molecule has 0 N–H and O–H groups in total. The van der Waals surface area contributed by atoms with E-state index in [0.29, 0.717) is 0 Å². The number of hydrogen-bond donors (Lipinski definition) is 0. The van der Waals surface area contributed by atoms with E-state index in [-0.39, 0.29) is 17.0 Å². The summed E-state index contributed by atoms with van der Waals surface area (Å²) in [5.74, 6) is 0. The van der Waals surface area contributed by atoms with Crippen LogP contribution in [-0.2, 0) is 5.41 Å². The van der Waals surface area contributed by atoms with E-state index < -0.39 is 0 Å². The SMILES string of the molecule is CC12C=CCC=C[C@@H]1N(C1(C)C=CC=CC1)c1cc(N(c3ccccc3)c3ccc(-c4ccc(N(c5ccccc5)c5ccc6c7ccccc7n(-c7ccccc7)c6c5)cc4)cc3)ccc12. The molecule has 0 radical (unpaired) electrons. The zero-order valence-corrected chi connectivity index (χ0v) is 38.0. The van der Waals surface area contributed by atoms with Gasteiger partial charge in [-0.1, -0.05) is 158 Å². The van der Waals surface area contributed by atoms with Gasteiger partial charge in [-0.2, -0.15) is 0 Å². The number of aromatic nitrogens is 1. The molecule has 0 spiro atoms. The molecule has 324 valence electrons. The van der Waals surface area contributed by atoms with Gasteiger partial charge in [-0.25, -0.2) is 0 Å². The zero-order valence-electron chi connectivity index (χ0n) is 38.0. The van der Waals surface area contributed by atoms with E-state index in [2.05, 4.69) is 282 Å². The highest BCUT2D eigenvalue weighted by molar-refractivity contribution is 6.10. The highest BCUT2D eigenvalue weighted by atomic mass is 15.3. The van der Waals surface area contributed by atoms with Crippen LogP contribution in [0, 0.1) is 0 Å². The molecule has 1 aliphatic heterocycles. The number of anilines is 7. The third-order valence-corrected chi connectivity index (χ3v) is 14.4. The van der Waals surface area contributed by atoms with Crippen LogP contribution in [-0.4, -0.2) is 16.1 Å². The molecular formula is C63H52N4. The van der Waals surface area contributed by atoms with Crippen molar-refractivity contribution in [2.24, 2.45) is 0 Å². The van der Waals surface area contributed by atoms with Crippen LogP contribution in [0.2, 0.25) is 0 Å². The minimum atomic E-state index is -0.156. The number of fused-ring (bicyclic) bond motifs is 6. The van der Waals surface area contributed by atoms with Crippen molar-refractivity contribution < 1.29 is 0 Å². The molecule has 1 aromatic heterocycles. The van der Waals surface area contributed by atoms with Crippen LogP contribution in [0.3, 0.4) is 0 Å². The molecule has 8 aromatic carbocycles. The van der Waals surface area contributed by atoms with Crippen molar-refractivity contribution in [2.75, 3.05) is 14.7 Å². The second-order valence-corrected chi connectivity index (χ2v) is 18.5. The highest BCUT2D eigenvalue weighted by Gasteiger charge is 2.50. The maximum Gasteiger partial charge on any atom is 0.0611 e. The first-order valence-corrected chi connectivity index (χ1v) is 23.6. The van der Waals surface area contributed by atoms with E-state index in [9.17, 15) is 0 Å². The highest BCUT2D eigenvalue weighted by Crippen LogP contribution is 2.54. The molecule has 9 aromatic rings. The molecule has 0 saturated heterocycles. The molecule has 0 amide bonds. The van der Waals surface area contributed by atoms with Crippen molar-refractivity contribution in [1.29, 1.82) is 0 Å². The van der Waals surface area contributed by atoms with E-state index in [1.807, 2.05) is 0 Å². The fourth-order valence-corrected chi connectivity index (χ4v) is 11.1. The predicted octanol–water partition coefficient (Wildman–Crippen LogP) is 16.6. The van der Waals surface area contributed by atoms with Gasteiger partial charge in [0.2, 0.25) is 0 Å². The molecule has 67 heavy (non-hydrogen) atoms. The largest absolute Gasteiger partial charge is 0.354 e. The molecule has 3 aliphatic rings. The Kier molecular flexibility index (Phi) is 9.91. The van der Waals surface area contributed by atoms with Gasteiger partial charge in [0.05, 0.1) is 22.6 Å². The molecule has 2 unspecified atom stereocenters. The van der Waals surface area contributed by atoms with E-state index >= 15 is 0 Å². The Balaban J connectivity index is 0.901. The molecule has 0 bridgehead atoms. The third kappa shape index (κ3) is 6.91. The van der Waals surface area contributed by atoms with Crippen LogP contribution in [0.4, 0.5) is 39.8 Å². The molecule has 12 rings (SSSR count). The van der Waals surface area contributed by atoms with Crippen molar-refractivity contribution in [1.82, 2.24) is 4.57 Å². The summed E-state index contributed by atoms with van der Waals surface area (Å²) in [6.07, 6.45) is 20.6. The molecule has 2 aliphatic carbocycles. The van der Waals surface area contributed by atoms with E-state index in [1.54, 1.807) is 0 Å². The fourth-order valence-electron chi connectivity index (χ4n) is 11.1. The lowest BCUT2D eigenvalue weighted by Crippen LogP contribution is -2.52. The number of nitrogens with zero attached hydrogens (tertiary/aromatic N) is 4. The summed E-state index contributed by atoms with van der Waals surface area (Å²) in [6, 6.07) is 73.2. The lowest BCUT2D eigenvalue weighted by molar-refractivity contribution is 0.436. The Morgan fingerprint density at radius 2 is 1.01 bits per heavy atom. The van der Waals surface area contributed by atoms with Gasteiger partial charge in [0, 0.05) is 61.7 Å². The average molecular weight is 865 g/mol. The maximum absolute atomic E-state index is 2.69. The average Bonchev–Trinajstić information content (AvgIpc) is 3.75. The van der Waals surface area contributed by atoms with Crippen molar-refractivity contribution in [3.63, 3.8) is 0 Å². The van der Waals surface area contributed by atoms with E-state index in [1.165, 1.54) is 38.6 Å². The van der Waals surface area contributed by atoms with Crippen LogP contribution in [0.25, 0.3) is 38.6 Å². The first-order valence-electron chi connectivity index (χ1n) is 23.6. The van der Waals surface area contributed by atoms with Crippen LogP contribution in [0.15, 0.2) is 249 Å². The molecule has 0 fully saturated rings. The number of benzene rings is 8. The smallest absolute Gasteiger partial charge is 0.0611 e. The van der Waals surface area contributed by atoms with Gasteiger partial charge < -0.3 is 19.3 Å². The number of allylic oxidation sites excluding steroid dienone is 4. The van der Waals surface area contributed by atoms with Gasteiger partial charge in [0.25, 0.3) is 0 Å². The summed E-state index contributed by atoms with van der Waals surface area (Å²) in [5.41, 5.74) is 14.9. The molecule has 3 atom stereocenters. The Labute approximate surface area is 394 Å². The van der Waals surface area contributed by atoms with Crippen LogP contribution < -0.4 is 14.7 Å². The Morgan fingerprint density at radius 3 is 1.66 bits per heavy atom. The summed E-state index contributed by atoms with van der Waals surface area (Å²) < 4.78 is 2.39. The van der Waals surface area contributed by atoms with Crippen molar-refractivity contribution in [2.45, 2.75) is 43.7 Å². The zero-order chi connectivity index (χ0) is 45.0. The van der Waals surface area contributed by atoms with Gasteiger partial charge in [-0.15, -0.1) is 0 Å². The van der Waals surface area contributed by atoms with Crippen LogP contribution in [0.1, 0.15) is 32.3 Å². The second-order valence-electron chi connectivity index (χ2n) is 18.5. The monoisotopic (exact) mass is 864 g/mol. The quantitative estimate of drug-likeness (QED) is 0.134. The Morgan fingerprint density at radius 1 is 0.463 bits per heavy atom. The second kappa shape index (κ2) is 16.4. The van der Waals surface area contributed by atoms with Gasteiger partial charge in [-0.3, -0.25) is 0 Å². The maximum atomic E-state index is 2.69. The van der Waals surface area contributed by atoms with E-state index in [4.69, 9.17) is 0 Å². The number of para-hydroxylation sites is 4. The summed E-state index contributed by atoms with van der Waals surface area (Å²) in [6.45, 7) is 4.81. The molecule has 4 nitrogen and oxygen atoms in total. The van der Waals surface area contributed by atoms with Gasteiger partial charge in [-0.05, 0) is 134 Å². The van der Waals surface area contributed by atoms with Gasteiger partial charge >= 0.3 is 0 Å². The topological polar surface area (TPSA) is 14.7 Å². The lowest BCUT2D eigenvalue weighted by atomic mass is 9.77. The molecule has 2 heterocycles. The van der Waals surface area contributed by atoms with Gasteiger partial charge in [0.15, 0.2) is 0 Å². The molecule has 4 heteroatoms. The van der Waals surface area contributed by atoms with Crippen molar-refractivity contribution >= 4 is 61.6 Å². The summed E-state index contributed by atoms with van der Waals surface area (Å²) in [4.78, 5) is 7.45. The standard InChI is InChI=1S/C63H52N4/c1-62(41-17-7-18-42-62)67-60-45-54(38-40-57(60)63(2)43-19-6-14-28-61(63)67)65(49-22-10-4-11-23-49)52-35-31-47(32-36-52)46-29-33-51(34-30-46)64(48-20-8-3-9-21-48)53-37-39-56-55-26-15-16-27-58(55)66(59(56)44-53)50-24-12-5-13-25-50/h3-5,7-41,43-45,61H,6,42H2,1-2H3/t61-,62?,63?/m0/s1. The van der Waals surface area contributed by atoms with Gasteiger partial charge in [0.1, 0.15) is 0 Å². The van der Waals surface area contributed by atoms with Crippen molar-refractivity contribution in [3.05, 3.63) is 254 Å². The van der Waals surface area contributed by atoms with Crippen LogP contribution in [0.5, 0.6) is 0 Å². The molecular weight excluding hydrogens is 813 g/mol. The first kappa shape index (κ1) is 40.4. The Hall–Kier alpha value is -8.08. The number of hydrogen-bond acceptors (Lipinski definition) is 3.